The lowest BCUT2D eigenvalue weighted by Gasteiger charge is -2.20. The Bertz CT molecular complexity index is 955. The minimum atomic E-state index is -0.0466. The predicted molar refractivity (Wildman–Crippen MR) is 110 cm³/mol. The van der Waals surface area contributed by atoms with E-state index in [0.29, 0.717) is 11.1 Å². The summed E-state index contributed by atoms with van der Waals surface area (Å²) in [6, 6.07) is 16.2. The largest absolute Gasteiger partial charge is 0.411 e. The summed E-state index contributed by atoms with van der Waals surface area (Å²) >= 11 is 1.25. The third kappa shape index (κ3) is 4.44. The second kappa shape index (κ2) is 8.61. The molecule has 0 saturated heterocycles. The van der Waals surface area contributed by atoms with Gasteiger partial charge in [0, 0.05) is 5.56 Å². The van der Waals surface area contributed by atoms with E-state index in [1.165, 1.54) is 42.2 Å². The van der Waals surface area contributed by atoms with E-state index in [2.05, 4.69) is 33.7 Å². The molecule has 1 aliphatic carbocycles. The lowest BCUT2D eigenvalue weighted by molar-refractivity contribution is -0.119. The van der Waals surface area contributed by atoms with E-state index in [-0.39, 0.29) is 17.7 Å². The number of fused-ring (bicyclic) bond motifs is 1. The van der Waals surface area contributed by atoms with E-state index in [9.17, 15) is 4.79 Å². The Morgan fingerprint density at radius 3 is 2.71 bits per heavy atom. The average molecular weight is 394 g/mol. The number of aromatic nitrogens is 2. The van der Waals surface area contributed by atoms with E-state index in [4.69, 9.17) is 4.42 Å². The predicted octanol–water partition coefficient (Wildman–Crippen LogP) is 4.58. The quantitative estimate of drug-likeness (QED) is 0.621. The summed E-state index contributed by atoms with van der Waals surface area (Å²) in [5, 5.41) is 11.5. The highest BCUT2D eigenvalue weighted by molar-refractivity contribution is 7.99. The molecule has 144 valence electrons. The van der Waals surface area contributed by atoms with Gasteiger partial charge in [-0.1, -0.05) is 48.2 Å². The van der Waals surface area contributed by atoms with Gasteiger partial charge in [-0.05, 0) is 61.4 Å². The van der Waals surface area contributed by atoms with Gasteiger partial charge in [-0.3, -0.25) is 4.79 Å². The molecule has 28 heavy (non-hydrogen) atoms. The second-order valence-corrected chi connectivity index (χ2v) is 7.98. The number of benzene rings is 2. The smallest absolute Gasteiger partial charge is 0.277 e. The van der Waals surface area contributed by atoms with Crippen LogP contribution in [-0.2, 0) is 17.6 Å². The van der Waals surface area contributed by atoms with Crippen LogP contribution in [0.25, 0.3) is 11.5 Å². The minimum absolute atomic E-state index is 0.0251. The van der Waals surface area contributed by atoms with Gasteiger partial charge >= 0.3 is 0 Å². The average Bonchev–Trinajstić information content (AvgIpc) is 3.22. The Morgan fingerprint density at radius 2 is 1.89 bits per heavy atom. The molecule has 3 aromatic rings. The number of thioether (sulfide) groups is 1. The summed E-state index contributed by atoms with van der Waals surface area (Å²) in [7, 11) is 0. The molecule has 1 heterocycles. The maximum Gasteiger partial charge on any atom is 0.277 e. The second-order valence-electron chi connectivity index (χ2n) is 7.05. The van der Waals surface area contributed by atoms with E-state index in [0.717, 1.165) is 17.5 Å². The highest BCUT2D eigenvalue weighted by atomic mass is 32.2. The maximum atomic E-state index is 12.3. The van der Waals surface area contributed by atoms with Crippen LogP contribution in [0.4, 0.5) is 0 Å². The third-order valence-corrected chi connectivity index (χ3v) is 5.82. The zero-order valence-electron chi connectivity index (χ0n) is 15.9. The molecule has 0 aliphatic heterocycles. The van der Waals surface area contributed by atoms with Gasteiger partial charge in [-0.2, -0.15) is 0 Å². The Labute approximate surface area is 168 Å². The molecule has 0 radical (unpaired) electrons. The standard InChI is InChI=1S/C22H23N3O2S/c1-15(18-12-11-16-7-5-6-10-19(16)13-18)23-20(26)14-28-22-25-24-21(27-22)17-8-3-2-4-9-17/h2-4,8-9,11-13,15H,5-7,10,14H2,1H3,(H,23,26). The summed E-state index contributed by atoms with van der Waals surface area (Å²) in [4.78, 5) is 12.3. The molecule has 0 bridgehead atoms. The van der Waals surface area contributed by atoms with Crippen LogP contribution in [0.5, 0.6) is 0 Å². The SMILES string of the molecule is CC(NC(=O)CSc1nnc(-c2ccccc2)o1)c1ccc2c(c1)CCCC2. The highest BCUT2D eigenvalue weighted by Gasteiger charge is 2.15. The summed E-state index contributed by atoms with van der Waals surface area (Å²) in [6.07, 6.45) is 4.84. The van der Waals surface area contributed by atoms with E-state index in [1.54, 1.807) is 0 Å². The number of nitrogens with one attached hydrogen (secondary N) is 1. The summed E-state index contributed by atoms with van der Waals surface area (Å²) < 4.78 is 5.63. The van der Waals surface area contributed by atoms with Gasteiger partial charge in [0.05, 0.1) is 11.8 Å². The minimum Gasteiger partial charge on any atom is -0.411 e. The fourth-order valence-electron chi connectivity index (χ4n) is 3.48. The third-order valence-electron chi connectivity index (χ3n) is 5.00. The Morgan fingerprint density at radius 1 is 1.11 bits per heavy atom. The molecular weight excluding hydrogens is 370 g/mol. The first-order chi connectivity index (χ1) is 13.7. The van der Waals surface area contributed by atoms with Gasteiger partial charge in [-0.15, -0.1) is 10.2 Å². The van der Waals surface area contributed by atoms with E-state index >= 15 is 0 Å². The monoisotopic (exact) mass is 393 g/mol. The molecule has 4 rings (SSSR count). The van der Waals surface area contributed by atoms with Crippen LogP contribution in [0.15, 0.2) is 58.2 Å². The van der Waals surface area contributed by atoms with E-state index in [1.807, 2.05) is 37.3 Å². The first-order valence-electron chi connectivity index (χ1n) is 9.62. The molecule has 2 aromatic carbocycles. The van der Waals surface area contributed by atoms with Crippen molar-refractivity contribution in [2.24, 2.45) is 0 Å². The number of amides is 1. The number of hydrogen-bond donors (Lipinski definition) is 1. The first kappa shape index (κ1) is 18.7. The molecule has 1 aliphatic rings. The lowest BCUT2D eigenvalue weighted by atomic mass is 9.89. The van der Waals surface area contributed by atoms with Gasteiger partial charge in [0.15, 0.2) is 0 Å². The highest BCUT2D eigenvalue weighted by Crippen LogP contribution is 2.25. The lowest BCUT2D eigenvalue weighted by Crippen LogP contribution is -2.28. The van der Waals surface area contributed by atoms with Crippen molar-refractivity contribution in [3.05, 3.63) is 65.2 Å². The normalized spacial score (nSPS) is 14.3. The Hall–Kier alpha value is -2.60. The van der Waals surface area contributed by atoms with Gasteiger partial charge in [0.1, 0.15) is 0 Å². The van der Waals surface area contributed by atoms with Crippen molar-refractivity contribution < 1.29 is 9.21 Å². The number of aryl methyl sites for hydroxylation is 2. The first-order valence-corrected chi connectivity index (χ1v) is 10.6. The van der Waals surface area contributed by atoms with Crippen molar-refractivity contribution in [1.29, 1.82) is 0 Å². The van der Waals surface area contributed by atoms with Crippen molar-refractivity contribution in [3.8, 4) is 11.5 Å². The van der Waals surface area contributed by atoms with Crippen LogP contribution in [-0.4, -0.2) is 21.9 Å². The van der Waals surface area contributed by atoms with Crippen LogP contribution >= 0.6 is 11.8 Å². The molecule has 1 atom stereocenters. The Kier molecular flexibility index (Phi) is 5.76. The summed E-state index contributed by atoms with van der Waals surface area (Å²) in [6.45, 7) is 2.02. The molecule has 1 N–H and O–H groups in total. The van der Waals surface area contributed by atoms with Crippen molar-refractivity contribution in [2.45, 2.75) is 43.9 Å². The summed E-state index contributed by atoms with van der Waals surface area (Å²) in [5.74, 6) is 0.659. The van der Waals surface area contributed by atoms with Gasteiger partial charge < -0.3 is 9.73 Å². The molecule has 0 fully saturated rings. The van der Waals surface area contributed by atoms with Gasteiger partial charge in [-0.25, -0.2) is 0 Å². The molecule has 1 aromatic heterocycles. The van der Waals surface area contributed by atoms with Crippen LogP contribution in [0.3, 0.4) is 0 Å². The number of carbonyl (C=O) groups excluding carboxylic acids is 1. The van der Waals surface area contributed by atoms with Gasteiger partial charge in [0.25, 0.3) is 5.22 Å². The maximum absolute atomic E-state index is 12.3. The molecule has 1 amide bonds. The molecule has 1 unspecified atom stereocenters. The molecule has 5 nitrogen and oxygen atoms in total. The fraction of sp³-hybridized carbons (Fsp3) is 0.318. The van der Waals surface area contributed by atoms with Gasteiger partial charge in [0.2, 0.25) is 11.8 Å². The zero-order valence-corrected chi connectivity index (χ0v) is 16.7. The topological polar surface area (TPSA) is 68.0 Å². The van der Waals surface area contributed by atoms with Crippen molar-refractivity contribution in [1.82, 2.24) is 15.5 Å². The van der Waals surface area contributed by atoms with Crippen LogP contribution in [0.2, 0.25) is 0 Å². The number of hydrogen-bond acceptors (Lipinski definition) is 5. The Balaban J connectivity index is 1.31. The van der Waals surface area contributed by atoms with Crippen molar-refractivity contribution >= 4 is 17.7 Å². The van der Waals surface area contributed by atoms with Crippen LogP contribution in [0.1, 0.15) is 42.5 Å². The van der Waals surface area contributed by atoms with Crippen molar-refractivity contribution in [3.63, 3.8) is 0 Å². The molecule has 0 spiro atoms. The van der Waals surface area contributed by atoms with Crippen LogP contribution in [0, 0.1) is 0 Å². The zero-order chi connectivity index (χ0) is 19.3. The molecule has 0 saturated carbocycles. The van der Waals surface area contributed by atoms with E-state index < -0.39 is 0 Å². The van der Waals surface area contributed by atoms with Crippen molar-refractivity contribution in [2.75, 3.05) is 5.75 Å². The number of rotatable bonds is 6. The summed E-state index contributed by atoms with van der Waals surface area (Å²) in [5.41, 5.74) is 4.91. The molecular formula is C22H23N3O2S. The molecule has 6 heteroatoms. The number of carbonyl (C=O) groups is 1. The number of nitrogens with zero attached hydrogens (tertiary/aromatic N) is 2. The van der Waals surface area contributed by atoms with Crippen LogP contribution < -0.4 is 5.32 Å². The fourth-order valence-corrected chi connectivity index (χ4v) is 4.06.